The van der Waals surface area contributed by atoms with E-state index in [-0.39, 0.29) is 16.8 Å². The van der Waals surface area contributed by atoms with E-state index in [9.17, 15) is 18.0 Å². The number of aryl methyl sites for hydroxylation is 1. The number of benzene rings is 1. The number of carbonyl (C=O) groups excluding carboxylic acids is 1. The fourth-order valence-electron chi connectivity index (χ4n) is 2.01. The van der Waals surface area contributed by atoms with Crippen LogP contribution in [0.3, 0.4) is 0 Å². The molecule has 0 unspecified atom stereocenters. The van der Waals surface area contributed by atoms with Gasteiger partial charge >= 0.3 is 6.18 Å². The Labute approximate surface area is 139 Å². The van der Waals surface area contributed by atoms with E-state index in [2.05, 4.69) is 10.3 Å². The van der Waals surface area contributed by atoms with Crippen molar-refractivity contribution in [1.82, 2.24) is 5.32 Å². The summed E-state index contributed by atoms with van der Waals surface area (Å²) in [6.07, 6.45) is -2.88. The van der Waals surface area contributed by atoms with Gasteiger partial charge < -0.3 is 9.73 Å². The van der Waals surface area contributed by atoms with Crippen LogP contribution in [0.2, 0.25) is 0 Å². The third kappa shape index (κ3) is 3.70. The van der Waals surface area contributed by atoms with Crippen LogP contribution in [0.15, 0.2) is 50.7 Å². The van der Waals surface area contributed by atoms with Crippen LogP contribution in [-0.2, 0) is 11.0 Å². The first kappa shape index (κ1) is 16.4. The smallest absolute Gasteiger partial charge is 0.416 e. The van der Waals surface area contributed by atoms with E-state index in [4.69, 9.17) is 4.42 Å². The SMILES string of the molecule is Cc1ccc(/C=C2/SC(=Nc3cccc(C(F)(F)F)c3)NC2=O)o1. The molecule has 24 heavy (non-hydrogen) atoms. The van der Waals surface area contributed by atoms with Crippen molar-refractivity contribution >= 4 is 34.6 Å². The molecule has 1 amide bonds. The third-order valence-electron chi connectivity index (χ3n) is 3.09. The van der Waals surface area contributed by atoms with E-state index in [1.165, 1.54) is 12.1 Å². The number of amides is 1. The standard InChI is InChI=1S/C16H11F3N2O2S/c1-9-5-6-12(23-9)8-13-14(22)21-15(24-13)20-11-4-2-3-10(7-11)16(17,18)19/h2-8H,1H3,(H,20,21,22)/b13-8+. The second kappa shape index (κ2) is 6.20. The molecular weight excluding hydrogens is 341 g/mol. The van der Waals surface area contributed by atoms with Crippen LogP contribution < -0.4 is 5.32 Å². The van der Waals surface area contributed by atoms with Crippen molar-refractivity contribution < 1.29 is 22.4 Å². The summed E-state index contributed by atoms with van der Waals surface area (Å²) in [5.74, 6) is 0.855. The molecule has 2 aromatic rings. The van der Waals surface area contributed by atoms with Crippen molar-refractivity contribution in [3.05, 3.63) is 58.4 Å². The molecule has 0 saturated carbocycles. The van der Waals surface area contributed by atoms with Gasteiger partial charge in [-0.05, 0) is 49.0 Å². The van der Waals surface area contributed by atoms with E-state index >= 15 is 0 Å². The van der Waals surface area contributed by atoms with Crippen LogP contribution in [0.25, 0.3) is 6.08 Å². The van der Waals surface area contributed by atoms with Gasteiger partial charge in [-0.25, -0.2) is 4.99 Å². The van der Waals surface area contributed by atoms with Gasteiger partial charge in [0.1, 0.15) is 11.5 Å². The Morgan fingerprint density at radius 3 is 2.71 bits per heavy atom. The molecule has 1 aliphatic rings. The zero-order valence-electron chi connectivity index (χ0n) is 12.3. The molecule has 1 N–H and O–H groups in total. The molecule has 0 aliphatic carbocycles. The van der Waals surface area contributed by atoms with Gasteiger partial charge in [0.2, 0.25) is 0 Å². The normalized spacial score (nSPS) is 18.4. The van der Waals surface area contributed by atoms with Gasteiger partial charge in [0, 0.05) is 6.08 Å². The molecule has 1 fully saturated rings. The molecule has 0 atom stereocenters. The Hall–Kier alpha value is -2.48. The van der Waals surface area contributed by atoms with Crippen LogP contribution >= 0.6 is 11.8 Å². The van der Waals surface area contributed by atoms with Crippen molar-refractivity contribution in [2.75, 3.05) is 0 Å². The van der Waals surface area contributed by atoms with Gasteiger partial charge in [0.15, 0.2) is 5.17 Å². The van der Waals surface area contributed by atoms with Crippen molar-refractivity contribution in [3.8, 4) is 0 Å². The van der Waals surface area contributed by atoms with Crippen molar-refractivity contribution in [2.45, 2.75) is 13.1 Å². The minimum absolute atomic E-state index is 0.114. The first-order chi connectivity index (χ1) is 11.3. The molecule has 8 heteroatoms. The Kier molecular flexibility index (Phi) is 4.23. The largest absolute Gasteiger partial charge is 0.462 e. The molecule has 0 bridgehead atoms. The maximum atomic E-state index is 12.7. The summed E-state index contributed by atoms with van der Waals surface area (Å²) in [6.45, 7) is 1.78. The van der Waals surface area contributed by atoms with E-state index < -0.39 is 11.7 Å². The predicted molar refractivity (Wildman–Crippen MR) is 85.7 cm³/mol. The number of nitrogens with zero attached hydrogens (tertiary/aromatic N) is 1. The van der Waals surface area contributed by atoms with E-state index in [0.717, 1.165) is 23.9 Å². The summed E-state index contributed by atoms with van der Waals surface area (Å²) in [5.41, 5.74) is -0.678. The molecule has 4 nitrogen and oxygen atoms in total. The minimum atomic E-state index is -4.44. The maximum absolute atomic E-state index is 12.7. The lowest BCUT2D eigenvalue weighted by molar-refractivity contribution is -0.137. The quantitative estimate of drug-likeness (QED) is 0.810. The molecule has 0 spiro atoms. The average molecular weight is 352 g/mol. The topological polar surface area (TPSA) is 54.6 Å². The Balaban J connectivity index is 1.83. The maximum Gasteiger partial charge on any atom is 0.416 e. The lowest BCUT2D eigenvalue weighted by Gasteiger charge is -2.06. The predicted octanol–water partition coefficient (Wildman–Crippen LogP) is 4.50. The molecule has 0 radical (unpaired) electrons. The minimum Gasteiger partial charge on any atom is -0.462 e. The number of alkyl halides is 3. The molecule has 2 heterocycles. The number of amidine groups is 1. The second-order valence-electron chi connectivity index (χ2n) is 4.98. The number of hydrogen-bond donors (Lipinski definition) is 1. The summed E-state index contributed by atoms with van der Waals surface area (Å²) >= 11 is 1.04. The first-order valence-corrected chi connectivity index (χ1v) is 7.66. The van der Waals surface area contributed by atoms with E-state index in [0.29, 0.717) is 16.4 Å². The molecular formula is C16H11F3N2O2S. The second-order valence-corrected chi connectivity index (χ2v) is 6.01. The van der Waals surface area contributed by atoms with Crippen LogP contribution in [-0.4, -0.2) is 11.1 Å². The molecule has 1 aliphatic heterocycles. The fraction of sp³-hybridized carbons (Fsp3) is 0.125. The van der Waals surface area contributed by atoms with E-state index in [1.54, 1.807) is 25.1 Å². The number of hydrogen-bond acceptors (Lipinski definition) is 4. The highest BCUT2D eigenvalue weighted by molar-refractivity contribution is 8.18. The highest BCUT2D eigenvalue weighted by Crippen LogP contribution is 2.33. The van der Waals surface area contributed by atoms with Gasteiger partial charge in [-0.2, -0.15) is 13.2 Å². The number of carbonyl (C=O) groups is 1. The number of furan rings is 1. The number of halogens is 3. The van der Waals surface area contributed by atoms with Gasteiger partial charge in [-0.3, -0.25) is 4.79 Å². The molecule has 1 saturated heterocycles. The highest BCUT2D eigenvalue weighted by atomic mass is 32.2. The average Bonchev–Trinajstić information content (AvgIpc) is 3.05. The zero-order valence-corrected chi connectivity index (χ0v) is 13.2. The van der Waals surface area contributed by atoms with Gasteiger partial charge in [0.25, 0.3) is 5.91 Å². The van der Waals surface area contributed by atoms with Crippen molar-refractivity contribution in [3.63, 3.8) is 0 Å². The molecule has 1 aromatic carbocycles. The summed E-state index contributed by atoms with van der Waals surface area (Å²) < 4.78 is 43.5. The monoisotopic (exact) mass is 352 g/mol. The lowest BCUT2D eigenvalue weighted by Crippen LogP contribution is -2.19. The van der Waals surface area contributed by atoms with Crippen molar-refractivity contribution in [2.24, 2.45) is 4.99 Å². The summed E-state index contributed by atoms with van der Waals surface area (Å²) in [5, 5.41) is 2.74. The van der Waals surface area contributed by atoms with Crippen LogP contribution in [0, 0.1) is 6.92 Å². The van der Waals surface area contributed by atoms with Crippen molar-refractivity contribution in [1.29, 1.82) is 0 Å². The van der Waals surface area contributed by atoms with Crippen LogP contribution in [0.1, 0.15) is 17.1 Å². The van der Waals surface area contributed by atoms with Gasteiger partial charge in [-0.1, -0.05) is 6.07 Å². The Morgan fingerprint density at radius 1 is 1.25 bits per heavy atom. The zero-order chi connectivity index (χ0) is 17.3. The van der Waals surface area contributed by atoms with Gasteiger partial charge in [-0.15, -0.1) is 0 Å². The number of nitrogens with one attached hydrogen (secondary N) is 1. The summed E-state index contributed by atoms with van der Waals surface area (Å²) in [7, 11) is 0. The molecule has 1 aromatic heterocycles. The Bertz CT molecular complexity index is 853. The van der Waals surface area contributed by atoms with Crippen LogP contribution in [0.5, 0.6) is 0 Å². The summed E-state index contributed by atoms with van der Waals surface area (Å²) in [6, 6.07) is 8.09. The first-order valence-electron chi connectivity index (χ1n) is 6.84. The lowest BCUT2D eigenvalue weighted by atomic mass is 10.2. The van der Waals surface area contributed by atoms with E-state index in [1.807, 2.05) is 0 Å². The van der Waals surface area contributed by atoms with Gasteiger partial charge in [0.05, 0.1) is 16.2 Å². The number of thioether (sulfide) groups is 1. The molecule has 3 rings (SSSR count). The summed E-state index contributed by atoms with van der Waals surface area (Å²) in [4.78, 5) is 16.3. The van der Waals surface area contributed by atoms with Crippen LogP contribution in [0.4, 0.5) is 18.9 Å². The fourth-order valence-corrected chi connectivity index (χ4v) is 2.83. The Morgan fingerprint density at radius 2 is 2.04 bits per heavy atom. The highest BCUT2D eigenvalue weighted by Gasteiger charge is 2.30. The number of aliphatic imine (C=N–C) groups is 1. The number of rotatable bonds is 2. The molecule has 124 valence electrons. The third-order valence-corrected chi connectivity index (χ3v) is 4.00.